The number of methoxy groups -OCH3 is 2. The molecule has 212 valence electrons. The van der Waals surface area contributed by atoms with E-state index < -0.39 is 0 Å². The fourth-order valence-electron chi connectivity index (χ4n) is 5.53. The lowest BCUT2D eigenvalue weighted by molar-refractivity contribution is 0.0316. The molecule has 1 N–H and O–H groups in total. The molecule has 9 heteroatoms. The van der Waals surface area contributed by atoms with Crippen LogP contribution < -0.4 is 14.2 Å². The Labute approximate surface area is 239 Å². The molecule has 4 aromatic rings. The van der Waals surface area contributed by atoms with Gasteiger partial charge in [-0.15, -0.1) is 0 Å². The average molecular weight is 555 g/mol. The second kappa shape index (κ2) is 12.0. The van der Waals surface area contributed by atoms with Crippen LogP contribution in [0.3, 0.4) is 0 Å². The van der Waals surface area contributed by atoms with E-state index in [9.17, 15) is 4.79 Å². The number of ether oxygens (including phenoxy) is 4. The molecule has 0 aliphatic carbocycles. The standard InChI is InChI=1S/C32H34N4O5/c1-38-25-11-8-23(9-12-25)29-28-30(34-33-29)32(37)36(15-14-35-16-18-40-19-17-35)31(28)24-10-13-26(27(20-24)39-2)41-21-22-6-4-3-5-7-22/h3-13,20,31H,14-19,21H2,1-2H3,(H,33,34). The average Bonchev–Trinajstić information content (AvgIpc) is 3.58. The number of morpholine rings is 1. The van der Waals surface area contributed by atoms with E-state index in [1.807, 2.05) is 77.7 Å². The van der Waals surface area contributed by atoms with Crippen LogP contribution in [0.2, 0.25) is 0 Å². The lowest BCUT2D eigenvalue weighted by Crippen LogP contribution is -2.42. The van der Waals surface area contributed by atoms with E-state index in [1.54, 1.807) is 14.2 Å². The van der Waals surface area contributed by atoms with E-state index in [2.05, 4.69) is 15.1 Å². The summed E-state index contributed by atoms with van der Waals surface area (Å²) in [5.74, 6) is 1.96. The van der Waals surface area contributed by atoms with E-state index in [0.717, 1.165) is 53.3 Å². The van der Waals surface area contributed by atoms with Crippen LogP contribution in [-0.2, 0) is 11.3 Å². The molecule has 2 aliphatic rings. The molecule has 0 spiro atoms. The van der Waals surface area contributed by atoms with Crippen LogP contribution in [0, 0.1) is 0 Å². The maximum Gasteiger partial charge on any atom is 0.273 e. The molecule has 41 heavy (non-hydrogen) atoms. The van der Waals surface area contributed by atoms with Crippen molar-refractivity contribution in [2.75, 3.05) is 53.6 Å². The molecule has 2 aliphatic heterocycles. The summed E-state index contributed by atoms with van der Waals surface area (Å²) < 4.78 is 22.8. The molecule has 0 bridgehead atoms. The minimum Gasteiger partial charge on any atom is -0.497 e. The van der Waals surface area contributed by atoms with Crippen molar-refractivity contribution in [1.82, 2.24) is 20.0 Å². The number of carbonyl (C=O) groups excluding carboxylic acids is 1. The summed E-state index contributed by atoms with van der Waals surface area (Å²) in [7, 11) is 3.28. The first-order valence-corrected chi connectivity index (χ1v) is 13.8. The van der Waals surface area contributed by atoms with E-state index in [-0.39, 0.29) is 11.9 Å². The van der Waals surface area contributed by atoms with Crippen LogP contribution in [0.1, 0.15) is 33.2 Å². The van der Waals surface area contributed by atoms with Gasteiger partial charge < -0.3 is 23.8 Å². The highest BCUT2D eigenvalue weighted by atomic mass is 16.5. The molecular weight excluding hydrogens is 520 g/mol. The summed E-state index contributed by atoms with van der Waals surface area (Å²) in [5.41, 5.74) is 5.04. The molecule has 3 heterocycles. The maximum atomic E-state index is 13.8. The number of nitrogens with zero attached hydrogens (tertiary/aromatic N) is 3. The van der Waals surface area contributed by atoms with Crippen molar-refractivity contribution < 1.29 is 23.7 Å². The van der Waals surface area contributed by atoms with Gasteiger partial charge in [0, 0.05) is 37.3 Å². The lowest BCUT2D eigenvalue weighted by Gasteiger charge is -2.31. The summed E-state index contributed by atoms with van der Waals surface area (Å²) >= 11 is 0. The van der Waals surface area contributed by atoms with Gasteiger partial charge in [0.25, 0.3) is 5.91 Å². The Hall–Kier alpha value is -4.34. The molecule has 1 atom stereocenters. The molecule has 1 aromatic heterocycles. The number of rotatable bonds is 10. The van der Waals surface area contributed by atoms with Crippen molar-refractivity contribution >= 4 is 5.91 Å². The molecule has 1 fully saturated rings. The van der Waals surface area contributed by atoms with Crippen LogP contribution in [-0.4, -0.2) is 79.5 Å². The quantitative estimate of drug-likeness (QED) is 0.308. The number of nitrogens with one attached hydrogen (secondary N) is 1. The third-order valence-electron chi connectivity index (χ3n) is 7.73. The van der Waals surface area contributed by atoms with Gasteiger partial charge in [0.15, 0.2) is 11.5 Å². The number of hydrogen-bond donors (Lipinski definition) is 1. The van der Waals surface area contributed by atoms with Gasteiger partial charge in [-0.25, -0.2) is 0 Å². The molecular formula is C32H34N4O5. The molecule has 0 saturated carbocycles. The molecule has 6 rings (SSSR count). The van der Waals surface area contributed by atoms with E-state index in [1.165, 1.54) is 0 Å². The molecule has 1 amide bonds. The smallest absolute Gasteiger partial charge is 0.273 e. The number of fused-ring (bicyclic) bond motifs is 1. The highest BCUT2D eigenvalue weighted by molar-refractivity contribution is 6.00. The molecule has 1 saturated heterocycles. The third kappa shape index (κ3) is 5.51. The van der Waals surface area contributed by atoms with Gasteiger partial charge in [-0.05, 0) is 47.5 Å². The fraction of sp³-hybridized carbons (Fsp3) is 0.312. The van der Waals surface area contributed by atoms with Crippen molar-refractivity contribution in [3.05, 3.63) is 95.2 Å². The molecule has 9 nitrogen and oxygen atoms in total. The summed E-state index contributed by atoms with van der Waals surface area (Å²) in [4.78, 5) is 18.1. The van der Waals surface area contributed by atoms with Gasteiger partial charge in [-0.1, -0.05) is 36.4 Å². The predicted molar refractivity (Wildman–Crippen MR) is 154 cm³/mol. The summed E-state index contributed by atoms with van der Waals surface area (Å²) in [5, 5.41) is 7.65. The van der Waals surface area contributed by atoms with Crippen molar-refractivity contribution in [3.8, 4) is 28.5 Å². The predicted octanol–water partition coefficient (Wildman–Crippen LogP) is 4.55. The third-order valence-corrected chi connectivity index (χ3v) is 7.73. The van der Waals surface area contributed by atoms with Gasteiger partial charge in [0.1, 0.15) is 18.1 Å². The second-order valence-corrected chi connectivity index (χ2v) is 10.1. The SMILES string of the molecule is COc1ccc(-c2n[nH]c3c2C(c2ccc(OCc4ccccc4)c(OC)c2)N(CCN2CCOCC2)C3=O)cc1. The zero-order chi connectivity index (χ0) is 28.2. The van der Waals surface area contributed by atoms with Crippen LogP contribution >= 0.6 is 0 Å². The van der Waals surface area contributed by atoms with Crippen molar-refractivity contribution in [2.24, 2.45) is 0 Å². The van der Waals surface area contributed by atoms with E-state index >= 15 is 0 Å². The minimum absolute atomic E-state index is 0.0612. The molecule has 3 aromatic carbocycles. The fourth-order valence-corrected chi connectivity index (χ4v) is 5.53. The largest absolute Gasteiger partial charge is 0.497 e. The highest BCUT2D eigenvalue weighted by Gasteiger charge is 2.42. The number of aromatic amines is 1. The van der Waals surface area contributed by atoms with Crippen LogP contribution in [0.25, 0.3) is 11.3 Å². The van der Waals surface area contributed by atoms with Crippen LogP contribution in [0.15, 0.2) is 72.8 Å². The Morgan fingerprint density at radius 1 is 0.927 bits per heavy atom. The number of hydrogen-bond acceptors (Lipinski definition) is 7. The summed E-state index contributed by atoms with van der Waals surface area (Å²) in [6.45, 7) is 4.90. The first-order chi connectivity index (χ1) is 20.2. The molecule has 0 radical (unpaired) electrons. The normalized spacial score (nSPS) is 17.0. The maximum absolute atomic E-state index is 13.8. The number of H-pyrrole nitrogens is 1. The first kappa shape index (κ1) is 26.9. The van der Waals surface area contributed by atoms with Gasteiger partial charge in [0.2, 0.25) is 0 Å². The summed E-state index contributed by atoms with van der Waals surface area (Å²) in [6.07, 6.45) is 0. The topological polar surface area (TPSA) is 89.2 Å². The van der Waals surface area contributed by atoms with Crippen molar-refractivity contribution in [1.29, 1.82) is 0 Å². The Balaban J connectivity index is 1.35. The monoisotopic (exact) mass is 554 g/mol. The van der Waals surface area contributed by atoms with Crippen molar-refractivity contribution in [2.45, 2.75) is 12.6 Å². The zero-order valence-corrected chi connectivity index (χ0v) is 23.3. The van der Waals surface area contributed by atoms with Crippen molar-refractivity contribution in [3.63, 3.8) is 0 Å². The van der Waals surface area contributed by atoms with E-state index in [0.29, 0.717) is 43.6 Å². The Morgan fingerprint density at radius 3 is 2.44 bits per heavy atom. The summed E-state index contributed by atoms with van der Waals surface area (Å²) in [6, 6.07) is 23.3. The lowest BCUT2D eigenvalue weighted by atomic mass is 9.95. The Kier molecular flexibility index (Phi) is 7.89. The Morgan fingerprint density at radius 2 is 1.71 bits per heavy atom. The zero-order valence-electron chi connectivity index (χ0n) is 23.3. The highest BCUT2D eigenvalue weighted by Crippen LogP contribution is 2.44. The number of aromatic nitrogens is 2. The van der Waals surface area contributed by atoms with Gasteiger partial charge in [0.05, 0.1) is 39.2 Å². The van der Waals surface area contributed by atoms with Gasteiger partial charge in [-0.3, -0.25) is 14.8 Å². The van der Waals surface area contributed by atoms with Gasteiger partial charge in [-0.2, -0.15) is 5.10 Å². The minimum atomic E-state index is -0.341. The van der Waals surface area contributed by atoms with E-state index in [4.69, 9.17) is 18.9 Å². The second-order valence-electron chi connectivity index (χ2n) is 10.1. The number of amides is 1. The first-order valence-electron chi connectivity index (χ1n) is 13.8. The van der Waals surface area contributed by atoms with Crippen LogP contribution in [0.5, 0.6) is 17.2 Å². The van der Waals surface area contributed by atoms with Crippen LogP contribution in [0.4, 0.5) is 0 Å². The molecule has 1 unspecified atom stereocenters. The number of carbonyl (C=O) groups is 1. The van der Waals surface area contributed by atoms with Gasteiger partial charge >= 0.3 is 0 Å². The number of benzene rings is 3. The Bertz CT molecular complexity index is 1480.